The summed E-state index contributed by atoms with van der Waals surface area (Å²) in [7, 11) is 3.66. The third kappa shape index (κ3) is 3.57. The van der Waals surface area contributed by atoms with Crippen molar-refractivity contribution in [2.75, 3.05) is 33.7 Å². The highest BCUT2D eigenvalue weighted by Crippen LogP contribution is 2.24. The summed E-state index contributed by atoms with van der Waals surface area (Å²) in [5.74, 6) is -2.45. The molecule has 1 aliphatic rings. The third-order valence-electron chi connectivity index (χ3n) is 3.63. The summed E-state index contributed by atoms with van der Waals surface area (Å²) in [6, 6.07) is 3.35. The first kappa shape index (κ1) is 15.9. The molecule has 0 aromatic heterocycles. The van der Waals surface area contributed by atoms with Gasteiger partial charge in [-0.05, 0) is 39.1 Å². The van der Waals surface area contributed by atoms with Crippen molar-refractivity contribution >= 4 is 5.91 Å². The Balaban J connectivity index is 2.20. The Morgan fingerprint density at radius 1 is 1.38 bits per heavy atom. The van der Waals surface area contributed by atoms with Crippen LogP contribution in [0, 0.1) is 11.6 Å². The Morgan fingerprint density at radius 2 is 2.00 bits per heavy atom. The van der Waals surface area contributed by atoms with E-state index >= 15 is 0 Å². The zero-order valence-electron chi connectivity index (χ0n) is 12.3. The highest BCUT2D eigenvalue weighted by Gasteiger charge is 2.37. The number of nitrogens with zero attached hydrogens (tertiary/aromatic N) is 2. The summed E-state index contributed by atoms with van der Waals surface area (Å²) in [6.45, 7) is 0.872. The minimum atomic E-state index is -1.04. The van der Waals surface area contributed by atoms with E-state index in [1.807, 2.05) is 19.0 Å². The summed E-state index contributed by atoms with van der Waals surface area (Å²) in [6.07, 6.45) is 1.17. The number of hydrogen-bond donors (Lipinski definition) is 1. The Hall–Kier alpha value is -1.53. The molecule has 0 bridgehead atoms. The van der Waals surface area contributed by atoms with E-state index in [2.05, 4.69) is 0 Å². The van der Waals surface area contributed by atoms with Gasteiger partial charge in [0, 0.05) is 13.1 Å². The molecule has 1 aromatic carbocycles. The van der Waals surface area contributed by atoms with Gasteiger partial charge in [-0.3, -0.25) is 4.79 Å². The van der Waals surface area contributed by atoms with Gasteiger partial charge in [0.15, 0.2) is 0 Å². The van der Waals surface area contributed by atoms with E-state index in [4.69, 9.17) is 0 Å². The standard InChI is InChI=1S/C15H20F2N2O2/c1-18(2)9-15(21)7-4-8-19(10-15)14(20)13-11(16)5-3-6-12(13)17/h3,5-6,21H,4,7-10H2,1-2H3/t15-/m1/s1. The number of aliphatic hydroxyl groups is 1. The van der Waals surface area contributed by atoms with Crippen LogP contribution in [0.2, 0.25) is 0 Å². The smallest absolute Gasteiger partial charge is 0.259 e. The Labute approximate surface area is 123 Å². The predicted molar refractivity (Wildman–Crippen MR) is 75.0 cm³/mol. The molecule has 0 spiro atoms. The van der Waals surface area contributed by atoms with Crippen LogP contribution >= 0.6 is 0 Å². The lowest BCUT2D eigenvalue weighted by molar-refractivity contribution is -0.0393. The van der Waals surface area contributed by atoms with Crippen LogP contribution in [0.1, 0.15) is 23.2 Å². The second kappa shape index (κ2) is 6.07. The van der Waals surface area contributed by atoms with Crippen molar-refractivity contribution < 1.29 is 18.7 Å². The van der Waals surface area contributed by atoms with Crippen molar-refractivity contribution in [1.29, 1.82) is 0 Å². The highest BCUT2D eigenvalue weighted by molar-refractivity contribution is 5.94. The first-order valence-electron chi connectivity index (χ1n) is 6.93. The number of halogens is 2. The molecule has 21 heavy (non-hydrogen) atoms. The topological polar surface area (TPSA) is 43.8 Å². The largest absolute Gasteiger partial charge is 0.387 e. The van der Waals surface area contributed by atoms with Gasteiger partial charge in [0.25, 0.3) is 5.91 Å². The minimum Gasteiger partial charge on any atom is -0.387 e. The molecule has 0 unspecified atom stereocenters. The second-order valence-corrected chi connectivity index (χ2v) is 5.89. The molecule has 0 aliphatic carbocycles. The predicted octanol–water partition coefficient (Wildman–Crippen LogP) is 1.49. The SMILES string of the molecule is CN(C)C[C@]1(O)CCCN(C(=O)c2c(F)cccc2F)C1. The average Bonchev–Trinajstić information content (AvgIpc) is 2.36. The molecule has 1 amide bonds. The van der Waals surface area contributed by atoms with Gasteiger partial charge in [0.1, 0.15) is 17.2 Å². The molecule has 1 heterocycles. The molecular weight excluding hydrogens is 278 g/mol. The molecule has 1 N–H and O–H groups in total. The molecule has 1 saturated heterocycles. The third-order valence-corrected chi connectivity index (χ3v) is 3.63. The molecule has 1 fully saturated rings. The Kier molecular flexibility index (Phi) is 4.58. The maximum atomic E-state index is 13.7. The zero-order valence-corrected chi connectivity index (χ0v) is 12.3. The van der Waals surface area contributed by atoms with Crippen molar-refractivity contribution in [1.82, 2.24) is 9.80 Å². The number of hydrogen-bond acceptors (Lipinski definition) is 3. The van der Waals surface area contributed by atoms with Crippen LogP contribution in [0.15, 0.2) is 18.2 Å². The van der Waals surface area contributed by atoms with Gasteiger partial charge in [0.05, 0.1) is 12.1 Å². The van der Waals surface area contributed by atoms with E-state index in [1.165, 1.54) is 11.0 Å². The number of carbonyl (C=O) groups is 1. The van der Waals surface area contributed by atoms with Crippen LogP contribution in [-0.2, 0) is 0 Å². The van der Waals surface area contributed by atoms with Crippen LogP contribution < -0.4 is 0 Å². The molecule has 6 heteroatoms. The number of likely N-dealkylation sites (N-methyl/N-ethyl adjacent to an activating group) is 1. The van der Waals surface area contributed by atoms with E-state index in [1.54, 1.807) is 0 Å². The van der Waals surface area contributed by atoms with Crippen molar-refractivity contribution in [2.24, 2.45) is 0 Å². The molecule has 116 valence electrons. The number of amides is 1. The minimum absolute atomic E-state index is 0.0811. The second-order valence-electron chi connectivity index (χ2n) is 5.89. The molecule has 1 aliphatic heterocycles. The van der Waals surface area contributed by atoms with E-state index in [0.29, 0.717) is 25.9 Å². The summed E-state index contributed by atoms with van der Waals surface area (Å²) in [4.78, 5) is 15.5. The van der Waals surface area contributed by atoms with Gasteiger partial charge < -0.3 is 14.9 Å². The highest BCUT2D eigenvalue weighted by atomic mass is 19.1. The number of benzene rings is 1. The van der Waals surface area contributed by atoms with Crippen LogP contribution in [0.3, 0.4) is 0 Å². The normalized spacial score (nSPS) is 22.7. The molecular formula is C15H20F2N2O2. The number of rotatable bonds is 3. The summed E-state index contributed by atoms with van der Waals surface area (Å²) in [5.41, 5.74) is -1.59. The fourth-order valence-corrected chi connectivity index (χ4v) is 2.86. The average molecular weight is 298 g/mol. The van der Waals surface area contributed by atoms with E-state index in [-0.39, 0.29) is 6.54 Å². The lowest BCUT2D eigenvalue weighted by Crippen LogP contribution is -2.54. The van der Waals surface area contributed by atoms with Crippen LogP contribution in [0.25, 0.3) is 0 Å². The van der Waals surface area contributed by atoms with E-state index in [9.17, 15) is 18.7 Å². The van der Waals surface area contributed by atoms with Gasteiger partial charge in [-0.2, -0.15) is 0 Å². The Bertz CT molecular complexity index is 516. The molecule has 0 radical (unpaired) electrons. The fraction of sp³-hybridized carbons (Fsp3) is 0.533. The van der Waals surface area contributed by atoms with Gasteiger partial charge in [-0.1, -0.05) is 6.07 Å². The van der Waals surface area contributed by atoms with Crippen LogP contribution in [0.5, 0.6) is 0 Å². The molecule has 1 aromatic rings. The first-order valence-corrected chi connectivity index (χ1v) is 6.93. The van der Waals surface area contributed by atoms with Crippen molar-refractivity contribution in [3.05, 3.63) is 35.4 Å². The van der Waals surface area contributed by atoms with Gasteiger partial charge >= 0.3 is 0 Å². The number of β-amino-alcohol motifs (C(OH)–C–C–N with tert-alkyl or cyclic N) is 1. The maximum absolute atomic E-state index is 13.7. The maximum Gasteiger partial charge on any atom is 0.259 e. The van der Waals surface area contributed by atoms with Crippen LogP contribution in [-0.4, -0.2) is 60.1 Å². The van der Waals surface area contributed by atoms with Crippen LogP contribution in [0.4, 0.5) is 8.78 Å². The fourth-order valence-electron chi connectivity index (χ4n) is 2.86. The summed E-state index contributed by atoms with van der Waals surface area (Å²) in [5, 5.41) is 10.5. The van der Waals surface area contributed by atoms with Crippen molar-refractivity contribution in [3.8, 4) is 0 Å². The van der Waals surface area contributed by atoms with E-state index in [0.717, 1.165) is 12.1 Å². The Morgan fingerprint density at radius 3 is 2.57 bits per heavy atom. The molecule has 1 atom stereocenters. The molecule has 4 nitrogen and oxygen atoms in total. The number of carbonyl (C=O) groups excluding carboxylic acids is 1. The molecule has 0 saturated carbocycles. The summed E-state index contributed by atoms with van der Waals surface area (Å²) >= 11 is 0. The monoisotopic (exact) mass is 298 g/mol. The van der Waals surface area contributed by atoms with Crippen molar-refractivity contribution in [2.45, 2.75) is 18.4 Å². The van der Waals surface area contributed by atoms with Crippen molar-refractivity contribution in [3.63, 3.8) is 0 Å². The molecule has 2 rings (SSSR count). The lowest BCUT2D eigenvalue weighted by Gasteiger charge is -2.40. The lowest BCUT2D eigenvalue weighted by atomic mass is 9.92. The number of likely N-dealkylation sites (tertiary alicyclic amines) is 1. The zero-order chi connectivity index (χ0) is 15.6. The quantitative estimate of drug-likeness (QED) is 0.919. The van der Waals surface area contributed by atoms with Gasteiger partial charge in [-0.25, -0.2) is 8.78 Å². The van der Waals surface area contributed by atoms with Gasteiger partial charge in [0.2, 0.25) is 0 Å². The summed E-state index contributed by atoms with van der Waals surface area (Å²) < 4.78 is 27.4. The van der Waals surface area contributed by atoms with Gasteiger partial charge in [-0.15, -0.1) is 0 Å². The number of piperidine rings is 1. The van der Waals surface area contributed by atoms with E-state index < -0.39 is 28.7 Å². The first-order chi connectivity index (χ1) is 9.82.